The summed E-state index contributed by atoms with van der Waals surface area (Å²) in [6.07, 6.45) is 5.11. The Hall–Kier alpha value is -0.570. The molecular weight excluding hydrogens is 216 g/mol. The van der Waals surface area contributed by atoms with Gasteiger partial charge in [-0.05, 0) is 44.9 Å². The summed E-state index contributed by atoms with van der Waals surface area (Å²) >= 11 is 0. The van der Waals surface area contributed by atoms with Gasteiger partial charge in [0.1, 0.15) is 0 Å². The van der Waals surface area contributed by atoms with Crippen molar-refractivity contribution in [1.29, 1.82) is 0 Å². The van der Waals surface area contributed by atoms with Crippen LogP contribution in [0.25, 0.3) is 0 Å². The van der Waals surface area contributed by atoms with Crippen LogP contribution in [-0.4, -0.2) is 25.3 Å². The first-order chi connectivity index (χ1) is 8.02. The fraction of sp³-hybridized carbons (Fsp3) is 0.929. The average molecular weight is 242 g/mol. The molecule has 0 aromatic heterocycles. The third-order valence-electron chi connectivity index (χ3n) is 3.46. The van der Waals surface area contributed by atoms with E-state index in [4.69, 9.17) is 9.47 Å². The summed E-state index contributed by atoms with van der Waals surface area (Å²) in [4.78, 5) is 11.9. The summed E-state index contributed by atoms with van der Waals surface area (Å²) in [6.45, 7) is 6.28. The number of esters is 1. The Balaban J connectivity index is 2.29. The first-order valence-corrected chi connectivity index (χ1v) is 6.76. The summed E-state index contributed by atoms with van der Waals surface area (Å²) in [7, 11) is 1.74. The SMILES string of the molecule is COC1CCC(C(=O)OC(C)CC(C)C)CC1. The minimum atomic E-state index is -0.00676. The molecule has 0 N–H and O–H groups in total. The Morgan fingerprint density at radius 2 is 1.76 bits per heavy atom. The van der Waals surface area contributed by atoms with E-state index >= 15 is 0 Å². The molecule has 0 radical (unpaired) electrons. The van der Waals surface area contributed by atoms with E-state index in [9.17, 15) is 4.79 Å². The predicted octanol–water partition coefficient (Wildman–Crippen LogP) is 3.17. The smallest absolute Gasteiger partial charge is 0.309 e. The minimum Gasteiger partial charge on any atom is -0.462 e. The fourth-order valence-corrected chi connectivity index (χ4v) is 2.54. The van der Waals surface area contributed by atoms with E-state index in [0.29, 0.717) is 12.0 Å². The third kappa shape index (κ3) is 5.07. The molecule has 1 aliphatic carbocycles. The van der Waals surface area contributed by atoms with Crippen molar-refractivity contribution in [3.8, 4) is 0 Å². The standard InChI is InChI=1S/C14H26O3/c1-10(2)9-11(3)17-14(15)12-5-7-13(16-4)8-6-12/h10-13H,5-9H2,1-4H3. The average Bonchev–Trinajstić information content (AvgIpc) is 2.28. The number of hydrogen-bond acceptors (Lipinski definition) is 3. The van der Waals surface area contributed by atoms with Crippen LogP contribution in [0.5, 0.6) is 0 Å². The molecular formula is C14H26O3. The van der Waals surface area contributed by atoms with Gasteiger partial charge >= 0.3 is 5.97 Å². The maximum Gasteiger partial charge on any atom is 0.309 e. The Bertz CT molecular complexity index is 230. The fourth-order valence-electron chi connectivity index (χ4n) is 2.54. The molecule has 1 rings (SSSR count). The van der Waals surface area contributed by atoms with Gasteiger partial charge in [0.2, 0.25) is 0 Å². The molecule has 3 nitrogen and oxygen atoms in total. The van der Waals surface area contributed by atoms with Crippen LogP contribution in [0.4, 0.5) is 0 Å². The number of methoxy groups -OCH3 is 1. The van der Waals surface area contributed by atoms with E-state index in [1.54, 1.807) is 7.11 Å². The number of ether oxygens (including phenoxy) is 2. The molecule has 0 amide bonds. The van der Waals surface area contributed by atoms with Crippen molar-refractivity contribution in [1.82, 2.24) is 0 Å². The zero-order valence-electron chi connectivity index (χ0n) is 11.6. The van der Waals surface area contributed by atoms with Crippen molar-refractivity contribution in [2.75, 3.05) is 7.11 Å². The van der Waals surface area contributed by atoms with E-state index in [1.807, 2.05) is 6.92 Å². The molecule has 1 saturated carbocycles. The molecule has 0 saturated heterocycles. The van der Waals surface area contributed by atoms with Gasteiger partial charge in [-0.15, -0.1) is 0 Å². The Morgan fingerprint density at radius 1 is 1.18 bits per heavy atom. The van der Waals surface area contributed by atoms with Gasteiger partial charge in [0.25, 0.3) is 0 Å². The van der Waals surface area contributed by atoms with Crippen LogP contribution in [0.15, 0.2) is 0 Å². The summed E-state index contributed by atoms with van der Waals surface area (Å²) in [5.41, 5.74) is 0. The topological polar surface area (TPSA) is 35.5 Å². The summed E-state index contributed by atoms with van der Waals surface area (Å²) < 4.78 is 10.8. The molecule has 17 heavy (non-hydrogen) atoms. The Labute approximate surface area is 105 Å². The van der Waals surface area contributed by atoms with Crippen LogP contribution >= 0.6 is 0 Å². The molecule has 100 valence electrons. The van der Waals surface area contributed by atoms with Gasteiger partial charge in [-0.1, -0.05) is 13.8 Å². The Kier molecular flexibility index (Phi) is 5.96. The van der Waals surface area contributed by atoms with E-state index in [1.165, 1.54) is 0 Å². The van der Waals surface area contributed by atoms with Gasteiger partial charge in [0.15, 0.2) is 0 Å². The summed E-state index contributed by atoms with van der Waals surface area (Å²) in [6, 6.07) is 0. The molecule has 0 heterocycles. The molecule has 0 aromatic rings. The highest BCUT2D eigenvalue weighted by atomic mass is 16.5. The summed E-state index contributed by atoms with van der Waals surface area (Å²) in [5, 5.41) is 0. The molecule has 0 bridgehead atoms. The minimum absolute atomic E-state index is 0.00676. The van der Waals surface area contributed by atoms with E-state index in [0.717, 1.165) is 32.1 Å². The van der Waals surface area contributed by atoms with E-state index in [2.05, 4.69) is 13.8 Å². The summed E-state index contributed by atoms with van der Waals surface area (Å²) in [5.74, 6) is 0.658. The van der Waals surface area contributed by atoms with Gasteiger partial charge in [0.05, 0.1) is 18.1 Å². The molecule has 0 aliphatic heterocycles. The number of carbonyl (C=O) groups is 1. The molecule has 1 unspecified atom stereocenters. The Morgan fingerprint density at radius 3 is 2.24 bits per heavy atom. The number of hydrogen-bond donors (Lipinski definition) is 0. The quantitative estimate of drug-likeness (QED) is 0.695. The largest absolute Gasteiger partial charge is 0.462 e. The van der Waals surface area contributed by atoms with Gasteiger partial charge in [-0.25, -0.2) is 0 Å². The second-order valence-corrected chi connectivity index (χ2v) is 5.59. The van der Waals surface area contributed by atoms with Crippen molar-refractivity contribution in [2.45, 2.75) is 65.1 Å². The van der Waals surface area contributed by atoms with Gasteiger partial charge < -0.3 is 9.47 Å². The normalized spacial score (nSPS) is 26.9. The second kappa shape index (κ2) is 7.00. The predicted molar refractivity (Wildman–Crippen MR) is 67.8 cm³/mol. The van der Waals surface area contributed by atoms with Crippen LogP contribution in [0.1, 0.15) is 52.9 Å². The van der Waals surface area contributed by atoms with Gasteiger partial charge in [0, 0.05) is 7.11 Å². The van der Waals surface area contributed by atoms with Crippen molar-refractivity contribution >= 4 is 5.97 Å². The van der Waals surface area contributed by atoms with Crippen LogP contribution in [0.2, 0.25) is 0 Å². The third-order valence-corrected chi connectivity index (χ3v) is 3.46. The van der Waals surface area contributed by atoms with Gasteiger partial charge in [-0.3, -0.25) is 4.79 Å². The first-order valence-electron chi connectivity index (χ1n) is 6.76. The van der Waals surface area contributed by atoms with Crippen molar-refractivity contribution in [3.05, 3.63) is 0 Å². The highest BCUT2D eigenvalue weighted by Crippen LogP contribution is 2.27. The van der Waals surface area contributed by atoms with E-state index in [-0.39, 0.29) is 18.0 Å². The first kappa shape index (κ1) is 14.5. The second-order valence-electron chi connectivity index (χ2n) is 5.59. The molecule has 1 aliphatic rings. The highest BCUT2D eigenvalue weighted by Gasteiger charge is 2.28. The van der Waals surface area contributed by atoms with Crippen molar-refractivity contribution in [3.63, 3.8) is 0 Å². The van der Waals surface area contributed by atoms with Crippen molar-refractivity contribution in [2.24, 2.45) is 11.8 Å². The molecule has 1 atom stereocenters. The molecule has 3 heteroatoms. The van der Waals surface area contributed by atoms with E-state index < -0.39 is 0 Å². The maximum absolute atomic E-state index is 11.9. The molecule has 0 aromatic carbocycles. The van der Waals surface area contributed by atoms with Crippen molar-refractivity contribution < 1.29 is 14.3 Å². The lowest BCUT2D eigenvalue weighted by Gasteiger charge is -2.27. The zero-order valence-corrected chi connectivity index (χ0v) is 11.6. The molecule has 0 spiro atoms. The highest BCUT2D eigenvalue weighted by molar-refractivity contribution is 5.72. The maximum atomic E-state index is 11.9. The monoisotopic (exact) mass is 242 g/mol. The van der Waals surface area contributed by atoms with Crippen LogP contribution in [-0.2, 0) is 14.3 Å². The van der Waals surface area contributed by atoms with Gasteiger partial charge in [-0.2, -0.15) is 0 Å². The van der Waals surface area contributed by atoms with Crippen LogP contribution < -0.4 is 0 Å². The lowest BCUT2D eigenvalue weighted by Crippen LogP contribution is -2.29. The number of carbonyl (C=O) groups excluding carboxylic acids is 1. The van der Waals surface area contributed by atoms with Crippen LogP contribution in [0.3, 0.4) is 0 Å². The van der Waals surface area contributed by atoms with Crippen LogP contribution in [0, 0.1) is 11.8 Å². The number of rotatable bonds is 5. The zero-order chi connectivity index (χ0) is 12.8. The molecule has 1 fully saturated rings. The lowest BCUT2D eigenvalue weighted by atomic mass is 9.87. The lowest BCUT2D eigenvalue weighted by molar-refractivity contribution is -0.155.